The number of nitrogens with one attached hydrogen (secondary N) is 1. The number of thiazole rings is 1. The number of benzene rings is 1. The van der Waals surface area contributed by atoms with E-state index in [-0.39, 0.29) is 6.04 Å². The van der Waals surface area contributed by atoms with E-state index in [1.807, 2.05) is 11.7 Å². The van der Waals surface area contributed by atoms with Crippen molar-refractivity contribution in [3.05, 3.63) is 52.0 Å². The highest BCUT2D eigenvalue weighted by molar-refractivity contribution is 7.09. The van der Waals surface area contributed by atoms with Gasteiger partial charge in [0.15, 0.2) is 0 Å². The van der Waals surface area contributed by atoms with Crippen LogP contribution in [0.5, 0.6) is 0 Å². The smallest absolute Gasteiger partial charge is 0.0794 e. The van der Waals surface area contributed by atoms with Crippen LogP contribution in [0.25, 0.3) is 0 Å². The highest BCUT2D eigenvalue weighted by Gasteiger charge is 2.11. The predicted molar refractivity (Wildman–Crippen MR) is 67.1 cm³/mol. The molecule has 0 aliphatic carbocycles. The van der Waals surface area contributed by atoms with Crippen LogP contribution in [0.4, 0.5) is 0 Å². The molecule has 0 aliphatic heterocycles. The third-order valence-electron chi connectivity index (χ3n) is 2.53. The minimum atomic E-state index is 0.153. The van der Waals surface area contributed by atoms with E-state index in [2.05, 4.69) is 41.6 Å². The Hall–Kier alpha value is -1.23. The molecular weight excluding hydrogens is 218 g/mol. The number of aryl methyl sites for hydroxylation is 1. The van der Waals surface area contributed by atoms with Gasteiger partial charge >= 0.3 is 0 Å². The molecule has 84 valence electrons. The lowest BCUT2D eigenvalue weighted by Gasteiger charge is -2.15. The molecule has 1 heterocycles. The molecule has 0 saturated heterocycles. The van der Waals surface area contributed by atoms with Gasteiger partial charge in [0.05, 0.1) is 11.6 Å². The van der Waals surface area contributed by atoms with Gasteiger partial charge in [-0.25, -0.2) is 0 Å². The van der Waals surface area contributed by atoms with E-state index < -0.39 is 0 Å². The molecule has 1 aromatic heterocycles. The highest BCUT2D eigenvalue weighted by atomic mass is 32.1. The van der Waals surface area contributed by atoms with Gasteiger partial charge in [-0.2, -0.15) is 0 Å². The summed E-state index contributed by atoms with van der Waals surface area (Å²) in [5, 5.41) is 0. The molecule has 0 spiro atoms. The average Bonchev–Trinajstić information content (AvgIpc) is 2.78. The number of hydrazine groups is 1. The van der Waals surface area contributed by atoms with Crippen molar-refractivity contribution in [1.82, 2.24) is 10.4 Å². The minimum Gasteiger partial charge on any atom is -0.271 e. The molecule has 1 aromatic carbocycles. The molecule has 4 heteroatoms. The standard InChI is InChI=1S/C12H15N3S/c1-9-3-2-4-10(5-9)12(15-13)6-11-7-14-8-16-11/h2-5,7-8,12,15H,6,13H2,1H3. The fourth-order valence-electron chi connectivity index (χ4n) is 1.70. The fourth-order valence-corrected chi connectivity index (χ4v) is 2.35. The second kappa shape index (κ2) is 5.21. The first-order valence-electron chi connectivity index (χ1n) is 5.19. The first-order chi connectivity index (χ1) is 7.79. The zero-order valence-corrected chi connectivity index (χ0v) is 10.00. The van der Waals surface area contributed by atoms with Crippen molar-refractivity contribution in [1.29, 1.82) is 0 Å². The summed E-state index contributed by atoms with van der Waals surface area (Å²) in [5.74, 6) is 5.61. The van der Waals surface area contributed by atoms with E-state index >= 15 is 0 Å². The topological polar surface area (TPSA) is 50.9 Å². The zero-order valence-electron chi connectivity index (χ0n) is 9.18. The molecule has 0 saturated carbocycles. The van der Waals surface area contributed by atoms with Gasteiger partial charge in [-0.3, -0.25) is 16.3 Å². The van der Waals surface area contributed by atoms with Crippen LogP contribution in [0.1, 0.15) is 22.0 Å². The molecule has 0 aliphatic rings. The quantitative estimate of drug-likeness (QED) is 0.629. The van der Waals surface area contributed by atoms with Gasteiger partial charge in [0.1, 0.15) is 0 Å². The average molecular weight is 233 g/mol. The zero-order chi connectivity index (χ0) is 11.4. The van der Waals surface area contributed by atoms with Crippen molar-refractivity contribution >= 4 is 11.3 Å². The maximum absolute atomic E-state index is 5.61. The van der Waals surface area contributed by atoms with E-state index in [0.717, 1.165) is 6.42 Å². The summed E-state index contributed by atoms with van der Waals surface area (Å²) in [6.45, 7) is 2.09. The van der Waals surface area contributed by atoms with E-state index in [9.17, 15) is 0 Å². The summed E-state index contributed by atoms with van der Waals surface area (Å²) >= 11 is 1.66. The van der Waals surface area contributed by atoms with Crippen molar-refractivity contribution in [3.63, 3.8) is 0 Å². The van der Waals surface area contributed by atoms with E-state index in [1.54, 1.807) is 11.3 Å². The van der Waals surface area contributed by atoms with E-state index in [4.69, 9.17) is 5.84 Å². The minimum absolute atomic E-state index is 0.153. The molecule has 0 fully saturated rings. The molecule has 1 atom stereocenters. The molecular formula is C12H15N3S. The molecule has 0 amide bonds. The second-order valence-corrected chi connectivity index (χ2v) is 4.78. The Morgan fingerprint density at radius 1 is 1.50 bits per heavy atom. The van der Waals surface area contributed by atoms with Gasteiger partial charge in [0.2, 0.25) is 0 Å². The number of rotatable bonds is 4. The summed E-state index contributed by atoms with van der Waals surface area (Å²) < 4.78 is 0. The van der Waals surface area contributed by atoms with Crippen molar-refractivity contribution in [2.45, 2.75) is 19.4 Å². The van der Waals surface area contributed by atoms with Crippen LogP contribution in [0.2, 0.25) is 0 Å². The third-order valence-corrected chi connectivity index (χ3v) is 3.34. The van der Waals surface area contributed by atoms with Crippen LogP contribution in [0.15, 0.2) is 36.0 Å². The Balaban J connectivity index is 2.16. The van der Waals surface area contributed by atoms with Gasteiger partial charge in [-0.15, -0.1) is 11.3 Å². The summed E-state index contributed by atoms with van der Waals surface area (Å²) in [6.07, 6.45) is 2.77. The molecule has 3 N–H and O–H groups in total. The monoisotopic (exact) mass is 233 g/mol. The van der Waals surface area contributed by atoms with E-state index in [0.29, 0.717) is 0 Å². The predicted octanol–water partition coefficient (Wildman–Crippen LogP) is 2.20. The normalized spacial score (nSPS) is 12.6. The summed E-state index contributed by atoms with van der Waals surface area (Å²) in [7, 11) is 0. The Bertz CT molecular complexity index is 439. The molecule has 0 bridgehead atoms. The Kier molecular flexibility index (Phi) is 3.66. The van der Waals surface area contributed by atoms with Gasteiger partial charge in [-0.1, -0.05) is 29.8 Å². The highest BCUT2D eigenvalue weighted by Crippen LogP contribution is 2.20. The van der Waals surface area contributed by atoms with Gasteiger partial charge in [0.25, 0.3) is 0 Å². The largest absolute Gasteiger partial charge is 0.271 e. The number of hydrogen-bond acceptors (Lipinski definition) is 4. The van der Waals surface area contributed by atoms with Crippen LogP contribution >= 0.6 is 11.3 Å². The van der Waals surface area contributed by atoms with Crippen LogP contribution in [0, 0.1) is 6.92 Å². The Labute approximate surface area is 99.3 Å². The Morgan fingerprint density at radius 2 is 2.38 bits per heavy atom. The lowest BCUT2D eigenvalue weighted by Crippen LogP contribution is -2.29. The number of hydrogen-bond donors (Lipinski definition) is 2. The lowest BCUT2D eigenvalue weighted by molar-refractivity contribution is 0.555. The van der Waals surface area contributed by atoms with Crippen molar-refractivity contribution in [2.75, 3.05) is 0 Å². The lowest BCUT2D eigenvalue weighted by atomic mass is 10.0. The third kappa shape index (κ3) is 2.66. The summed E-state index contributed by atoms with van der Waals surface area (Å²) in [4.78, 5) is 5.31. The number of nitrogens with two attached hydrogens (primary N) is 1. The van der Waals surface area contributed by atoms with Gasteiger partial charge in [-0.05, 0) is 12.5 Å². The molecule has 2 rings (SSSR count). The summed E-state index contributed by atoms with van der Waals surface area (Å²) in [5.41, 5.74) is 7.18. The van der Waals surface area contributed by atoms with Crippen LogP contribution < -0.4 is 11.3 Å². The SMILES string of the molecule is Cc1cccc(C(Cc2cncs2)NN)c1. The van der Waals surface area contributed by atoms with Gasteiger partial charge in [0, 0.05) is 17.5 Å². The maximum atomic E-state index is 5.61. The molecule has 16 heavy (non-hydrogen) atoms. The first-order valence-corrected chi connectivity index (χ1v) is 6.07. The summed E-state index contributed by atoms with van der Waals surface area (Å²) in [6, 6.07) is 8.55. The van der Waals surface area contributed by atoms with Crippen LogP contribution in [0.3, 0.4) is 0 Å². The maximum Gasteiger partial charge on any atom is 0.0794 e. The van der Waals surface area contributed by atoms with E-state index in [1.165, 1.54) is 16.0 Å². The first kappa shape index (κ1) is 11.3. The van der Waals surface area contributed by atoms with Crippen LogP contribution in [-0.2, 0) is 6.42 Å². The van der Waals surface area contributed by atoms with Gasteiger partial charge < -0.3 is 0 Å². The van der Waals surface area contributed by atoms with Crippen molar-refractivity contribution < 1.29 is 0 Å². The molecule has 3 nitrogen and oxygen atoms in total. The number of aromatic nitrogens is 1. The van der Waals surface area contributed by atoms with Crippen LogP contribution in [-0.4, -0.2) is 4.98 Å². The number of nitrogens with zero attached hydrogens (tertiary/aromatic N) is 1. The van der Waals surface area contributed by atoms with Crippen molar-refractivity contribution in [3.8, 4) is 0 Å². The Morgan fingerprint density at radius 3 is 3.00 bits per heavy atom. The fraction of sp³-hybridized carbons (Fsp3) is 0.250. The molecule has 0 radical (unpaired) electrons. The second-order valence-electron chi connectivity index (χ2n) is 3.81. The molecule has 1 unspecified atom stereocenters. The van der Waals surface area contributed by atoms with Crippen molar-refractivity contribution in [2.24, 2.45) is 5.84 Å². The molecule has 2 aromatic rings.